The lowest BCUT2D eigenvalue weighted by atomic mass is 10.1. The molecular weight excluding hydrogens is 306 g/mol. The highest BCUT2D eigenvalue weighted by Crippen LogP contribution is 2.22. The second kappa shape index (κ2) is 6.18. The molecule has 8 heteroatoms. The molecule has 0 saturated heterocycles. The lowest BCUT2D eigenvalue weighted by Gasteiger charge is -2.11. The van der Waals surface area contributed by atoms with Crippen LogP contribution in [-0.4, -0.2) is 29.3 Å². The Kier molecular flexibility index (Phi) is 4.51. The summed E-state index contributed by atoms with van der Waals surface area (Å²) >= 11 is 0. The van der Waals surface area contributed by atoms with Crippen molar-refractivity contribution in [2.45, 2.75) is 31.7 Å². The Morgan fingerprint density at radius 3 is 2.64 bits per heavy atom. The van der Waals surface area contributed by atoms with Gasteiger partial charge < -0.3 is 5.11 Å². The fourth-order valence-corrected chi connectivity index (χ4v) is 3.39. The molecule has 0 aliphatic heterocycles. The van der Waals surface area contributed by atoms with E-state index in [4.69, 9.17) is 5.11 Å². The van der Waals surface area contributed by atoms with Crippen LogP contribution in [0, 0.1) is 0 Å². The predicted molar refractivity (Wildman–Crippen MR) is 81.5 cm³/mol. The first-order valence-electron chi connectivity index (χ1n) is 6.79. The largest absolute Gasteiger partial charge is 0.478 e. The molecule has 0 fully saturated rings. The number of sulfonamides is 1. The zero-order valence-electron chi connectivity index (χ0n) is 12.3. The molecule has 0 aliphatic carbocycles. The van der Waals surface area contributed by atoms with Gasteiger partial charge >= 0.3 is 5.97 Å². The molecule has 0 bridgehead atoms. The minimum Gasteiger partial charge on any atom is -0.478 e. The van der Waals surface area contributed by atoms with Gasteiger partial charge in [-0.05, 0) is 31.0 Å². The minimum absolute atomic E-state index is 0.0286. The second-order valence-corrected chi connectivity index (χ2v) is 6.32. The fourth-order valence-electron chi connectivity index (χ4n) is 2.03. The summed E-state index contributed by atoms with van der Waals surface area (Å²) in [5, 5.41) is 13.0. The monoisotopic (exact) mass is 323 g/mol. The van der Waals surface area contributed by atoms with E-state index in [-0.39, 0.29) is 10.5 Å². The Hall–Kier alpha value is -2.35. The van der Waals surface area contributed by atoms with E-state index in [1.54, 1.807) is 10.9 Å². The molecule has 2 aromatic rings. The number of nitrogens with one attached hydrogen (secondary N) is 1. The Labute approximate surface area is 128 Å². The number of carboxylic acids is 1. The maximum Gasteiger partial charge on any atom is 0.335 e. The molecule has 0 spiro atoms. The summed E-state index contributed by atoms with van der Waals surface area (Å²) in [6, 6.07) is 4.09. The van der Waals surface area contributed by atoms with Crippen molar-refractivity contribution in [1.29, 1.82) is 0 Å². The molecule has 2 rings (SSSR count). The maximum atomic E-state index is 12.5. The molecular formula is C14H17N3O4S. The molecule has 118 valence electrons. The summed E-state index contributed by atoms with van der Waals surface area (Å²) in [6.07, 6.45) is 3.46. The van der Waals surface area contributed by atoms with Crippen molar-refractivity contribution in [2.75, 3.05) is 4.72 Å². The molecule has 1 heterocycles. The van der Waals surface area contributed by atoms with Gasteiger partial charge in [0.25, 0.3) is 10.0 Å². The number of carboxylic acid groups (broad SMARTS) is 1. The molecule has 0 saturated carbocycles. The summed E-state index contributed by atoms with van der Waals surface area (Å²) in [6.45, 7) is 4.32. The van der Waals surface area contributed by atoms with E-state index < -0.39 is 16.0 Å². The molecule has 7 nitrogen and oxygen atoms in total. The Bertz CT molecular complexity index is 796. The van der Waals surface area contributed by atoms with Crippen LogP contribution in [0.4, 0.5) is 5.69 Å². The number of nitrogens with zero attached hydrogens (tertiary/aromatic N) is 2. The van der Waals surface area contributed by atoms with Gasteiger partial charge in [0.2, 0.25) is 0 Å². The third-order valence-electron chi connectivity index (χ3n) is 3.19. The van der Waals surface area contributed by atoms with E-state index in [9.17, 15) is 13.2 Å². The van der Waals surface area contributed by atoms with Crippen molar-refractivity contribution in [2.24, 2.45) is 0 Å². The summed E-state index contributed by atoms with van der Waals surface area (Å²) in [7, 11) is -3.87. The minimum atomic E-state index is -3.87. The number of benzene rings is 1. The number of aromatic carboxylic acids is 1. The van der Waals surface area contributed by atoms with Crippen LogP contribution in [0.2, 0.25) is 0 Å². The molecule has 0 aliphatic rings. The molecule has 0 radical (unpaired) electrons. The standard InChI is InChI=1S/C14H17N3O4S/c1-3-10-5-6-11(14(18)19)7-13(10)22(20,21)16-12-8-15-17(4-2)9-12/h5-9,16H,3-4H2,1-2H3,(H,18,19). The summed E-state index contributed by atoms with van der Waals surface area (Å²) in [4.78, 5) is 11.0. The highest BCUT2D eigenvalue weighted by atomic mass is 32.2. The quantitative estimate of drug-likeness (QED) is 0.846. The van der Waals surface area contributed by atoms with Crippen molar-refractivity contribution in [1.82, 2.24) is 9.78 Å². The third-order valence-corrected chi connectivity index (χ3v) is 4.66. The van der Waals surface area contributed by atoms with Crippen molar-refractivity contribution < 1.29 is 18.3 Å². The first kappa shape index (κ1) is 16.0. The number of anilines is 1. The van der Waals surface area contributed by atoms with Crippen molar-refractivity contribution >= 4 is 21.7 Å². The SMILES string of the molecule is CCc1ccc(C(=O)O)cc1S(=O)(=O)Nc1cnn(CC)c1. The van der Waals surface area contributed by atoms with Crippen LogP contribution in [0.3, 0.4) is 0 Å². The lowest BCUT2D eigenvalue weighted by molar-refractivity contribution is 0.0696. The summed E-state index contributed by atoms with van der Waals surface area (Å²) in [5.74, 6) is -1.17. The molecule has 1 aromatic carbocycles. The van der Waals surface area contributed by atoms with E-state index in [0.717, 1.165) is 0 Å². The second-order valence-electron chi connectivity index (χ2n) is 4.67. The maximum absolute atomic E-state index is 12.5. The van der Waals surface area contributed by atoms with Gasteiger partial charge in [0.05, 0.1) is 22.3 Å². The van der Waals surface area contributed by atoms with Crippen molar-refractivity contribution in [3.05, 3.63) is 41.7 Å². The van der Waals surface area contributed by atoms with Crippen LogP contribution in [-0.2, 0) is 23.0 Å². The lowest BCUT2D eigenvalue weighted by Crippen LogP contribution is -2.15. The van der Waals surface area contributed by atoms with Gasteiger partial charge in [-0.25, -0.2) is 13.2 Å². The van der Waals surface area contributed by atoms with Crippen molar-refractivity contribution in [3.8, 4) is 0 Å². The average Bonchev–Trinajstić information content (AvgIpc) is 2.93. The van der Waals surface area contributed by atoms with E-state index in [1.165, 1.54) is 24.4 Å². The predicted octanol–water partition coefficient (Wildman–Crippen LogP) is 1.96. The molecule has 1 aromatic heterocycles. The highest BCUT2D eigenvalue weighted by Gasteiger charge is 2.20. The molecule has 0 atom stereocenters. The van der Waals surface area contributed by atoms with Gasteiger partial charge in [-0.15, -0.1) is 0 Å². The Balaban J connectivity index is 2.43. The van der Waals surface area contributed by atoms with Crippen LogP contribution in [0.15, 0.2) is 35.5 Å². The number of rotatable bonds is 6. The molecule has 2 N–H and O–H groups in total. The van der Waals surface area contributed by atoms with Crippen LogP contribution in [0.5, 0.6) is 0 Å². The third kappa shape index (κ3) is 3.28. The molecule has 0 unspecified atom stereocenters. The van der Waals surface area contributed by atoms with Gasteiger partial charge in [-0.2, -0.15) is 5.10 Å². The summed E-state index contributed by atoms with van der Waals surface area (Å²) < 4.78 is 29.0. The topological polar surface area (TPSA) is 101 Å². The highest BCUT2D eigenvalue weighted by molar-refractivity contribution is 7.92. The first-order valence-corrected chi connectivity index (χ1v) is 8.27. The van der Waals surface area contributed by atoms with E-state index in [1.807, 2.05) is 13.8 Å². The van der Waals surface area contributed by atoms with Gasteiger partial charge in [0, 0.05) is 12.7 Å². The van der Waals surface area contributed by atoms with Gasteiger partial charge in [0.15, 0.2) is 0 Å². The van der Waals surface area contributed by atoms with Crippen LogP contribution < -0.4 is 4.72 Å². The van der Waals surface area contributed by atoms with Crippen LogP contribution in [0.1, 0.15) is 29.8 Å². The Morgan fingerprint density at radius 2 is 2.09 bits per heavy atom. The molecule has 22 heavy (non-hydrogen) atoms. The van der Waals surface area contributed by atoms with Gasteiger partial charge in [-0.1, -0.05) is 13.0 Å². The average molecular weight is 323 g/mol. The number of carbonyl (C=O) groups is 1. The van der Waals surface area contributed by atoms with E-state index >= 15 is 0 Å². The fraction of sp³-hybridized carbons (Fsp3) is 0.286. The summed E-state index contributed by atoms with van der Waals surface area (Å²) in [5.41, 5.74) is 0.826. The molecule has 0 amide bonds. The zero-order valence-corrected chi connectivity index (χ0v) is 13.1. The number of hydrogen-bond acceptors (Lipinski definition) is 4. The van der Waals surface area contributed by atoms with E-state index in [0.29, 0.717) is 24.2 Å². The van der Waals surface area contributed by atoms with Crippen molar-refractivity contribution in [3.63, 3.8) is 0 Å². The van der Waals surface area contributed by atoms with Gasteiger partial charge in [-0.3, -0.25) is 9.40 Å². The Morgan fingerprint density at radius 1 is 1.36 bits per heavy atom. The normalized spacial score (nSPS) is 11.4. The van der Waals surface area contributed by atoms with Crippen LogP contribution >= 0.6 is 0 Å². The van der Waals surface area contributed by atoms with Crippen LogP contribution in [0.25, 0.3) is 0 Å². The smallest absolute Gasteiger partial charge is 0.335 e. The number of aromatic nitrogens is 2. The number of hydrogen-bond donors (Lipinski definition) is 2. The van der Waals surface area contributed by atoms with E-state index in [2.05, 4.69) is 9.82 Å². The van der Waals surface area contributed by atoms with Gasteiger partial charge in [0.1, 0.15) is 0 Å². The number of aryl methyl sites for hydroxylation is 2. The zero-order chi connectivity index (χ0) is 16.3. The first-order chi connectivity index (χ1) is 10.4.